The van der Waals surface area contributed by atoms with Crippen LogP contribution in [-0.2, 0) is 11.2 Å². The SMILES string of the molecule is CC1=NC2(CCCC2)C(=O)N1[C@@H]1c2n[nH]c(=O)c3cc(F)cc(c23)N[C@H]1Cc1ccc(F)cc1. The zero-order chi connectivity index (χ0) is 23.6. The number of hydrogen-bond acceptors (Lipinski definition) is 5. The fourth-order valence-corrected chi connectivity index (χ4v) is 5.82. The Labute approximate surface area is 193 Å². The first-order valence-electron chi connectivity index (χ1n) is 11.5. The van der Waals surface area contributed by atoms with E-state index < -0.39 is 29.0 Å². The molecule has 6 rings (SSSR count). The first kappa shape index (κ1) is 20.9. The van der Waals surface area contributed by atoms with Crippen molar-refractivity contribution >= 4 is 28.2 Å². The molecule has 7 nitrogen and oxygen atoms in total. The van der Waals surface area contributed by atoms with Crippen LogP contribution in [0.3, 0.4) is 0 Å². The van der Waals surface area contributed by atoms with Crippen molar-refractivity contribution in [3.8, 4) is 0 Å². The molecular formula is C25H23F2N5O2. The molecule has 1 aromatic heterocycles. The molecule has 1 amide bonds. The molecule has 3 heterocycles. The van der Waals surface area contributed by atoms with Crippen LogP contribution in [-0.4, -0.2) is 38.4 Å². The molecule has 0 bridgehead atoms. The molecule has 3 aromatic rings. The third-order valence-electron chi connectivity index (χ3n) is 7.30. The van der Waals surface area contributed by atoms with E-state index in [4.69, 9.17) is 4.99 Å². The van der Waals surface area contributed by atoms with Crippen molar-refractivity contribution in [2.24, 2.45) is 4.99 Å². The zero-order valence-electron chi connectivity index (χ0n) is 18.6. The van der Waals surface area contributed by atoms with Crippen LogP contribution in [0.4, 0.5) is 14.5 Å². The van der Waals surface area contributed by atoms with Gasteiger partial charge in [-0.05, 0) is 56.0 Å². The molecular weight excluding hydrogens is 440 g/mol. The number of halogens is 2. The number of aromatic nitrogens is 2. The Morgan fingerprint density at radius 2 is 1.82 bits per heavy atom. The van der Waals surface area contributed by atoms with Gasteiger partial charge in [0.05, 0.1) is 17.1 Å². The molecule has 2 aromatic carbocycles. The van der Waals surface area contributed by atoms with Crippen molar-refractivity contribution in [1.82, 2.24) is 15.1 Å². The minimum absolute atomic E-state index is 0.0647. The van der Waals surface area contributed by atoms with Crippen LogP contribution in [0.2, 0.25) is 0 Å². The molecule has 3 aliphatic rings. The summed E-state index contributed by atoms with van der Waals surface area (Å²) in [5.41, 5.74) is 0.551. The van der Waals surface area contributed by atoms with E-state index in [1.165, 1.54) is 24.3 Å². The number of amides is 1. The normalized spacial score (nSPS) is 23.0. The van der Waals surface area contributed by atoms with E-state index in [0.29, 0.717) is 41.9 Å². The van der Waals surface area contributed by atoms with Gasteiger partial charge in [0.1, 0.15) is 29.1 Å². The molecule has 1 spiro atoms. The summed E-state index contributed by atoms with van der Waals surface area (Å²) in [6.07, 6.45) is 3.73. The fraction of sp³-hybridized carbons (Fsp3) is 0.360. The summed E-state index contributed by atoms with van der Waals surface area (Å²) in [6.45, 7) is 1.82. The van der Waals surface area contributed by atoms with Crippen LogP contribution in [0.15, 0.2) is 46.2 Å². The number of benzene rings is 2. The number of rotatable bonds is 3. The Morgan fingerprint density at radius 1 is 1.09 bits per heavy atom. The highest BCUT2D eigenvalue weighted by Gasteiger charge is 2.53. The van der Waals surface area contributed by atoms with Gasteiger partial charge >= 0.3 is 0 Å². The smallest absolute Gasteiger partial charge is 0.272 e. The standard InChI is InChI=1S/C25H23F2N5O2/c1-13-29-25(8-2-3-9-25)24(34)32(13)22-19(10-14-4-6-15(26)7-5-14)28-18-12-16(27)11-17-20(18)21(22)30-31-23(17)33/h4-7,11-12,19,22,28H,2-3,8-10H2,1H3,(H,31,33)/t19-,22-/m0/s1. The first-order chi connectivity index (χ1) is 16.4. The third kappa shape index (κ3) is 3.06. The van der Waals surface area contributed by atoms with Crippen LogP contribution in [0.25, 0.3) is 10.8 Å². The molecule has 1 saturated carbocycles. The predicted octanol–water partition coefficient (Wildman–Crippen LogP) is 3.85. The van der Waals surface area contributed by atoms with Gasteiger partial charge in [-0.25, -0.2) is 13.9 Å². The Balaban J connectivity index is 1.52. The lowest BCUT2D eigenvalue weighted by atomic mass is 9.87. The van der Waals surface area contributed by atoms with E-state index in [2.05, 4.69) is 15.5 Å². The first-order valence-corrected chi connectivity index (χ1v) is 11.5. The van der Waals surface area contributed by atoms with Crippen molar-refractivity contribution in [2.45, 2.75) is 56.7 Å². The third-order valence-corrected chi connectivity index (χ3v) is 7.30. The Kier molecular flexibility index (Phi) is 4.59. The summed E-state index contributed by atoms with van der Waals surface area (Å²) in [5.74, 6) is -0.342. The maximum absolute atomic E-state index is 14.4. The van der Waals surface area contributed by atoms with Gasteiger partial charge in [0.2, 0.25) is 0 Å². The van der Waals surface area contributed by atoms with Crippen LogP contribution in [0.1, 0.15) is 49.9 Å². The molecule has 34 heavy (non-hydrogen) atoms. The van der Waals surface area contributed by atoms with Crippen molar-refractivity contribution in [2.75, 3.05) is 5.32 Å². The topological polar surface area (TPSA) is 90.5 Å². The summed E-state index contributed by atoms with van der Waals surface area (Å²) < 4.78 is 27.9. The van der Waals surface area contributed by atoms with Crippen molar-refractivity contribution < 1.29 is 13.6 Å². The number of anilines is 1. The maximum atomic E-state index is 14.4. The van der Waals surface area contributed by atoms with Gasteiger partial charge in [0, 0.05) is 11.1 Å². The van der Waals surface area contributed by atoms with E-state index >= 15 is 0 Å². The van der Waals surface area contributed by atoms with E-state index in [0.717, 1.165) is 18.4 Å². The molecule has 2 aliphatic heterocycles. The van der Waals surface area contributed by atoms with Gasteiger partial charge in [0.25, 0.3) is 11.5 Å². The number of H-pyrrole nitrogens is 1. The van der Waals surface area contributed by atoms with E-state index in [9.17, 15) is 18.4 Å². The predicted molar refractivity (Wildman–Crippen MR) is 124 cm³/mol. The number of nitrogens with one attached hydrogen (secondary N) is 2. The minimum atomic E-state index is -0.741. The number of amidine groups is 1. The number of aliphatic imine (C=N–C) groups is 1. The largest absolute Gasteiger partial charge is 0.379 e. The second-order valence-corrected chi connectivity index (χ2v) is 9.41. The summed E-state index contributed by atoms with van der Waals surface area (Å²) in [5, 5.41) is 10.9. The summed E-state index contributed by atoms with van der Waals surface area (Å²) in [6, 6.07) is 7.69. The Bertz CT molecular complexity index is 1410. The average molecular weight is 463 g/mol. The van der Waals surface area contributed by atoms with Gasteiger partial charge < -0.3 is 5.32 Å². The summed E-state index contributed by atoms with van der Waals surface area (Å²) >= 11 is 0. The second-order valence-electron chi connectivity index (χ2n) is 9.41. The van der Waals surface area contributed by atoms with Crippen molar-refractivity contribution in [3.63, 3.8) is 0 Å². The molecule has 1 fully saturated rings. The van der Waals surface area contributed by atoms with Gasteiger partial charge in [-0.15, -0.1) is 0 Å². The fourth-order valence-electron chi connectivity index (χ4n) is 5.82. The highest BCUT2D eigenvalue weighted by Crippen LogP contribution is 2.46. The maximum Gasteiger partial charge on any atom is 0.272 e. The number of aromatic amines is 1. The lowest BCUT2D eigenvalue weighted by Gasteiger charge is -2.39. The quantitative estimate of drug-likeness (QED) is 0.617. The molecule has 2 atom stereocenters. The van der Waals surface area contributed by atoms with Gasteiger partial charge in [-0.2, -0.15) is 5.10 Å². The highest BCUT2D eigenvalue weighted by atomic mass is 19.1. The minimum Gasteiger partial charge on any atom is -0.379 e. The Hall–Kier alpha value is -3.62. The molecule has 9 heteroatoms. The van der Waals surface area contributed by atoms with Gasteiger partial charge in [0.15, 0.2) is 0 Å². The second kappa shape index (κ2) is 7.44. The number of hydrogen-bond donors (Lipinski definition) is 2. The molecule has 2 N–H and O–H groups in total. The average Bonchev–Trinajstić information content (AvgIpc) is 3.37. The number of carbonyl (C=O) groups is 1. The van der Waals surface area contributed by atoms with Crippen LogP contribution < -0.4 is 10.9 Å². The van der Waals surface area contributed by atoms with E-state index in [-0.39, 0.29) is 17.1 Å². The van der Waals surface area contributed by atoms with Gasteiger partial charge in [-0.3, -0.25) is 19.5 Å². The van der Waals surface area contributed by atoms with Crippen molar-refractivity contribution in [1.29, 1.82) is 0 Å². The van der Waals surface area contributed by atoms with Gasteiger partial charge in [-0.1, -0.05) is 25.0 Å². The molecule has 174 valence electrons. The van der Waals surface area contributed by atoms with E-state index in [1.54, 1.807) is 17.0 Å². The number of nitrogens with zero attached hydrogens (tertiary/aromatic N) is 3. The monoisotopic (exact) mass is 463 g/mol. The lowest BCUT2D eigenvalue weighted by Crippen LogP contribution is -2.50. The van der Waals surface area contributed by atoms with Crippen molar-refractivity contribution in [3.05, 3.63) is 69.6 Å². The zero-order valence-corrected chi connectivity index (χ0v) is 18.6. The summed E-state index contributed by atoms with van der Waals surface area (Å²) in [7, 11) is 0. The lowest BCUT2D eigenvalue weighted by molar-refractivity contribution is -0.133. The van der Waals surface area contributed by atoms with Crippen LogP contribution in [0, 0.1) is 11.6 Å². The Morgan fingerprint density at radius 3 is 2.56 bits per heavy atom. The molecule has 0 unspecified atom stereocenters. The van der Waals surface area contributed by atoms with Crippen LogP contribution in [0.5, 0.6) is 0 Å². The highest BCUT2D eigenvalue weighted by molar-refractivity contribution is 6.09. The van der Waals surface area contributed by atoms with E-state index in [1.807, 2.05) is 6.92 Å². The molecule has 1 aliphatic carbocycles. The van der Waals surface area contributed by atoms with Crippen LogP contribution >= 0.6 is 0 Å². The molecule has 0 saturated heterocycles. The summed E-state index contributed by atoms with van der Waals surface area (Å²) in [4.78, 5) is 32.8. The molecule has 0 radical (unpaired) electrons. The number of carbonyl (C=O) groups excluding carboxylic acids is 1.